The number of benzene rings is 2. The van der Waals surface area contributed by atoms with Crippen LogP contribution in [0.4, 0.5) is 10.5 Å². The molecule has 7 heteroatoms. The van der Waals surface area contributed by atoms with Crippen molar-refractivity contribution >= 4 is 34.3 Å². The van der Waals surface area contributed by atoms with Gasteiger partial charge in [-0.05, 0) is 24.3 Å². The second-order valence-corrected chi connectivity index (χ2v) is 7.53. The van der Waals surface area contributed by atoms with E-state index in [4.69, 9.17) is 0 Å². The van der Waals surface area contributed by atoms with Crippen LogP contribution in [-0.4, -0.2) is 28.8 Å². The number of amides is 4. The summed E-state index contributed by atoms with van der Waals surface area (Å²) in [7, 11) is 0. The number of nitrogens with one attached hydrogen (secondary N) is 3. The number of hydrogen-bond acceptors (Lipinski definition) is 5. The summed E-state index contributed by atoms with van der Waals surface area (Å²) in [6, 6.07) is 12.9. The lowest BCUT2D eigenvalue weighted by atomic mass is 9.92. The van der Waals surface area contributed by atoms with Crippen molar-refractivity contribution in [3.63, 3.8) is 0 Å². The summed E-state index contributed by atoms with van der Waals surface area (Å²) in [4.78, 5) is 39.0. The number of imide groups is 2. The first kappa shape index (κ1) is 19.0. The van der Waals surface area contributed by atoms with Crippen LogP contribution in [0, 0.1) is 5.92 Å². The average molecular weight is 392 g/mol. The molecule has 4 amide bonds. The maximum Gasteiger partial charge on any atom is 0.331 e. The van der Waals surface area contributed by atoms with Crippen molar-refractivity contribution in [1.29, 1.82) is 0 Å². The maximum atomic E-state index is 13.0. The molecule has 150 valence electrons. The van der Waals surface area contributed by atoms with Gasteiger partial charge in [-0.3, -0.25) is 19.8 Å². The average Bonchev–Trinajstić information content (AvgIpc) is 2.72. The summed E-state index contributed by atoms with van der Waals surface area (Å²) in [6.07, 6.45) is 4.60. The van der Waals surface area contributed by atoms with Crippen LogP contribution >= 0.6 is 0 Å². The van der Waals surface area contributed by atoms with Crippen LogP contribution in [0.2, 0.25) is 0 Å². The first-order valence-corrected chi connectivity index (χ1v) is 9.93. The summed E-state index contributed by atoms with van der Waals surface area (Å²) in [5, 5.41) is 4.37. The Labute approximate surface area is 169 Å². The second kappa shape index (κ2) is 7.95. The third kappa shape index (κ3) is 3.68. The quantitative estimate of drug-likeness (QED) is 0.537. The van der Waals surface area contributed by atoms with Gasteiger partial charge in [0.05, 0.1) is 5.69 Å². The number of anilines is 1. The van der Waals surface area contributed by atoms with Gasteiger partial charge in [0.25, 0.3) is 0 Å². The second-order valence-electron chi connectivity index (χ2n) is 7.53. The predicted molar refractivity (Wildman–Crippen MR) is 111 cm³/mol. The molecule has 1 aliphatic carbocycles. The van der Waals surface area contributed by atoms with Gasteiger partial charge in [0, 0.05) is 17.1 Å². The molecule has 29 heavy (non-hydrogen) atoms. The zero-order valence-electron chi connectivity index (χ0n) is 16.1. The minimum atomic E-state index is -1.16. The molecule has 2 aromatic rings. The molecule has 1 aliphatic heterocycles. The monoisotopic (exact) mass is 392 g/mol. The summed E-state index contributed by atoms with van der Waals surface area (Å²) in [6.45, 7) is 3.89. The van der Waals surface area contributed by atoms with Gasteiger partial charge in [-0.1, -0.05) is 62.2 Å². The highest BCUT2D eigenvalue weighted by Crippen LogP contribution is 2.28. The number of nitrogens with zero attached hydrogens (tertiary/aromatic N) is 1. The van der Waals surface area contributed by atoms with E-state index in [9.17, 15) is 14.4 Å². The largest absolute Gasteiger partial charge is 0.331 e. The zero-order chi connectivity index (χ0) is 20.4. The lowest BCUT2D eigenvalue weighted by Gasteiger charge is -2.38. The Morgan fingerprint density at radius 1 is 1.00 bits per heavy atom. The van der Waals surface area contributed by atoms with Crippen LogP contribution in [-0.2, 0) is 9.59 Å². The molecule has 0 unspecified atom stereocenters. The minimum absolute atomic E-state index is 0.161. The van der Waals surface area contributed by atoms with E-state index in [1.165, 1.54) is 4.90 Å². The van der Waals surface area contributed by atoms with Gasteiger partial charge in [-0.25, -0.2) is 4.79 Å². The number of rotatable bonds is 5. The van der Waals surface area contributed by atoms with Crippen LogP contribution < -0.4 is 16.2 Å². The SMILES string of the molecule is C=C(NNc1cccc2ccccc12)[C@@H]1C(=O)NC(=O)N(C2CCCCC2)C1=O. The Morgan fingerprint density at radius 2 is 1.72 bits per heavy atom. The van der Waals surface area contributed by atoms with Crippen LogP contribution in [0.3, 0.4) is 0 Å². The number of hydrazine groups is 1. The van der Waals surface area contributed by atoms with Crippen LogP contribution in [0.5, 0.6) is 0 Å². The molecule has 0 spiro atoms. The third-order valence-corrected chi connectivity index (χ3v) is 5.63. The fourth-order valence-corrected chi connectivity index (χ4v) is 4.14. The van der Waals surface area contributed by atoms with Crippen molar-refractivity contribution in [3.05, 3.63) is 54.7 Å². The van der Waals surface area contributed by atoms with E-state index < -0.39 is 23.8 Å². The fourth-order valence-electron chi connectivity index (χ4n) is 4.14. The topological polar surface area (TPSA) is 90.5 Å². The van der Waals surface area contributed by atoms with Gasteiger partial charge in [0.15, 0.2) is 5.92 Å². The van der Waals surface area contributed by atoms with Crippen LogP contribution in [0.1, 0.15) is 32.1 Å². The molecule has 1 saturated carbocycles. The third-order valence-electron chi connectivity index (χ3n) is 5.63. The standard InChI is InChI=1S/C22H24N4O3/c1-14(24-25-18-13-7-9-15-8-5-6-12-17(15)18)19-20(27)23-22(29)26(21(19)28)16-10-3-2-4-11-16/h5-9,12-13,16,19,24-25H,1-4,10-11H2,(H,23,27,29)/t19-/m1/s1. The Morgan fingerprint density at radius 3 is 2.52 bits per heavy atom. The smallest absolute Gasteiger partial charge is 0.304 e. The van der Waals surface area contributed by atoms with Crippen molar-refractivity contribution in [3.8, 4) is 0 Å². The highest BCUT2D eigenvalue weighted by atomic mass is 16.2. The molecule has 1 saturated heterocycles. The van der Waals surface area contributed by atoms with E-state index in [1.54, 1.807) is 0 Å². The van der Waals surface area contributed by atoms with E-state index in [1.807, 2.05) is 42.5 Å². The van der Waals surface area contributed by atoms with E-state index in [2.05, 4.69) is 22.7 Å². The molecule has 3 N–H and O–H groups in total. The van der Waals surface area contributed by atoms with Crippen molar-refractivity contribution in [2.45, 2.75) is 38.1 Å². The van der Waals surface area contributed by atoms with E-state index in [0.717, 1.165) is 48.6 Å². The molecule has 0 bridgehead atoms. The summed E-state index contributed by atoms with van der Waals surface area (Å²) in [5.74, 6) is -2.32. The molecule has 2 aliphatic rings. The zero-order valence-corrected chi connectivity index (χ0v) is 16.1. The highest BCUT2D eigenvalue weighted by molar-refractivity contribution is 6.17. The summed E-state index contributed by atoms with van der Waals surface area (Å²) >= 11 is 0. The molecule has 7 nitrogen and oxygen atoms in total. The Kier molecular flexibility index (Phi) is 5.20. The number of fused-ring (bicyclic) bond motifs is 1. The molecule has 4 rings (SSSR count). The molecular formula is C22H24N4O3. The minimum Gasteiger partial charge on any atom is -0.304 e. The first-order chi connectivity index (χ1) is 14.1. The Bertz CT molecular complexity index is 976. The number of hydrogen-bond donors (Lipinski definition) is 3. The molecule has 1 atom stereocenters. The summed E-state index contributed by atoms with van der Waals surface area (Å²) in [5.41, 5.74) is 6.94. The van der Waals surface area contributed by atoms with Gasteiger partial charge in [0.2, 0.25) is 11.8 Å². The number of carbonyl (C=O) groups excluding carboxylic acids is 3. The lowest BCUT2D eigenvalue weighted by Crippen LogP contribution is -2.62. The molecule has 2 aromatic carbocycles. The molecule has 0 radical (unpaired) electrons. The lowest BCUT2D eigenvalue weighted by molar-refractivity contribution is -0.142. The van der Waals surface area contributed by atoms with Gasteiger partial charge >= 0.3 is 6.03 Å². The van der Waals surface area contributed by atoms with Gasteiger partial charge in [-0.15, -0.1) is 0 Å². The van der Waals surface area contributed by atoms with E-state index in [0.29, 0.717) is 0 Å². The van der Waals surface area contributed by atoms with Gasteiger partial charge in [-0.2, -0.15) is 0 Å². The number of barbiturate groups is 1. The number of carbonyl (C=O) groups is 3. The fraction of sp³-hybridized carbons (Fsp3) is 0.318. The maximum absolute atomic E-state index is 13.0. The van der Waals surface area contributed by atoms with E-state index in [-0.39, 0.29) is 11.7 Å². The van der Waals surface area contributed by atoms with Crippen molar-refractivity contribution < 1.29 is 14.4 Å². The van der Waals surface area contributed by atoms with Crippen LogP contribution in [0.15, 0.2) is 54.7 Å². The Hall–Kier alpha value is -3.35. The molecule has 1 heterocycles. The normalized spacial score (nSPS) is 20.5. The first-order valence-electron chi connectivity index (χ1n) is 9.93. The van der Waals surface area contributed by atoms with Gasteiger partial charge in [0.1, 0.15) is 0 Å². The van der Waals surface area contributed by atoms with E-state index >= 15 is 0 Å². The number of urea groups is 1. The molecule has 2 fully saturated rings. The van der Waals surface area contributed by atoms with Crippen LogP contribution in [0.25, 0.3) is 10.8 Å². The summed E-state index contributed by atoms with van der Waals surface area (Å²) < 4.78 is 0. The molecule has 0 aromatic heterocycles. The highest BCUT2D eigenvalue weighted by Gasteiger charge is 2.45. The van der Waals surface area contributed by atoms with Crippen molar-refractivity contribution in [2.75, 3.05) is 5.43 Å². The Balaban J connectivity index is 1.50. The molecular weight excluding hydrogens is 368 g/mol. The van der Waals surface area contributed by atoms with Crippen molar-refractivity contribution in [2.24, 2.45) is 5.92 Å². The van der Waals surface area contributed by atoms with Crippen molar-refractivity contribution in [1.82, 2.24) is 15.6 Å². The van der Waals surface area contributed by atoms with Gasteiger partial charge < -0.3 is 10.9 Å². The predicted octanol–water partition coefficient (Wildman–Crippen LogP) is 3.30.